The lowest BCUT2D eigenvalue weighted by Crippen LogP contribution is -2.45. The van der Waals surface area contributed by atoms with Gasteiger partial charge < -0.3 is 5.73 Å². The van der Waals surface area contributed by atoms with Crippen LogP contribution in [0.25, 0.3) is 0 Å². The standard InChI is InChI=1S/C9H16N4/c10-9(4-2-1-3-5-9)8-13-7-6-11-12-13/h6-7H,1-5,8,10H2. The minimum atomic E-state index is -0.0358. The first-order chi connectivity index (χ1) is 6.29. The largest absolute Gasteiger partial charge is 0.324 e. The Morgan fingerprint density at radius 1 is 1.31 bits per heavy atom. The van der Waals surface area contributed by atoms with Gasteiger partial charge in [-0.15, -0.1) is 5.10 Å². The van der Waals surface area contributed by atoms with Gasteiger partial charge in [0.25, 0.3) is 0 Å². The third-order valence-corrected chi connectivity index (χ3v) is 2.80. The number of nitrogens with two attached hydrogens (primary N) is 1. The summed E-state index contributed by atoms with van der Waals surface area (Å²) in [6.07, 6.45) is 9.65. The minimum Gasteiger partial charge on any atom is -0.324 e. The second kappa shape index (κ2) is 3.46. The Morgan fingerprint density at radius 2 is 2.08 bits per heavy atom. The summed E-state index contributed by atoms with van der Waals surface area (Å²) in [7, 11) is 0. The molecule has 0 bridgehead atoms. The van der Waals surface area contributed by atoms with Crippen molar-refractivity contribution in [1.29, 1.82) is 0 Å². The van der Waals surface area contributed by atoms with E-state index in [1.807, 2.05) is 10.9 Å². The SMILES string of the molecule is NC1(Cn2ccnn2)CCCCC1. The molecule has 13 heavy (non-hydrogen) atoms. The van der Waals surface area contributed by atoms with Crippen molar-refractivity contribution in [1.82, 2.24) is 15.0 Å². The van der Waals surface area contributed by atoms with Crippen molar-refractivity contribution in [2.24, 2.45) is 5.73 Å². The average molecular weight is 180 g/mol. The summed E-state index contributed by atoms with van der Waals surface area (Å²) in [5.74, 6) is 0. The lowest BCUT2D eigenvalue weighted by atomic mass is 9.82. The summed E-state index contributed by atoms with van der Waals surface area (Å²) in [5, 5.41) is 7.72. The quantitative estimate of drug-likeness (QED) is 0.737. The number of hydrogen-bond acceptors (Lipinski definition) is 3. The molecule has 2 N–H and O–H groups in total. The molecule has 0 amide bonds. The number of nitrogens with zero attached hydrogens (tertiary/aromatic N) is 3. The second-order valence-corrected chi connectivity index (χ2v) is 4.02. The van der Waals surface area contributed by atoms with Crippen molar-refractivity contribution >= 4 is 0 Å². The molecule has 1 aromatic rings. The van der Waals surface area contributed by atoms with Crippen LogP contribution in [0.5, 0.6) is 0 Å². The summed E-state index contributed by atoms with van der Waals surface area (Å²) in [5.41, 5.74) is 6.23. The predicted octanol–water partition coefficient (Wildman–Crippen LogP) is 0.940. The Bertz CT molecular complexity index is 249. The molecule has 0 radical (unpaired) electrons. The average Bonchev–Trinajstić information content (AvgIpc) is 2.57. The molecule has 1 aromatic heterocycles. The van der Waals surface area contributed by atoms with Gasteiger partial charge in [-0.3, -0.25) is 4.68 Å². The van der Waals surface area contributed by atoms with Gasteiger partial charge in [0, 0.05) is 11.7 Å². The van der Waals surface area contributed by atoms with Crippen LogP contribution < -0.4 is 5.73 Å². The fourth-order valence-corrected chi connectivity index (χ4v) is 2.05. The molecule has 0 spiro atoms. The van der Waals surface area contributed by atoms with E-state index in [2.05, 4.69) is 10.3 Å². The van der Waals surface area contributed by atoms with Crippen molar-refractivity contribution in [3.05, 3.63) is 12.4 Å². The first kappa shape index (κ1) is 8.69. The number of rotatable bonds is 2. The van der Waals surface area contributed by atoms with Crippen molar-refractivity contribution < 1.29 is 0 Å². The Morgan fingerprint density at radius 3 is 2.69 bits per heavy atom. The van der Waals surface area contributed by atoms with Crippen LogP contribution >= 0.6 is 0 Å². The van der Waals surface area contributed by atoms with E-state index in [1.165, 1.54) is 19.3 Å². The highest BCUT2D eigenvalue weighted by molar-refractivity contribution is 4.87. The summed E-state index contributed by atoms with van der Waals surface area (Å²) < 4.78 is 1.84. The molecular formula is C9H16N4. The van der Waals surface area contributed by atoms with Crippen molar-refractivity contribution in [2.75, 3.05) is 0 Å². The molecule has 1 aliphatic carbocycles. The highest BCUT2D eigenvalue weighted by Crippen LogP contribution is 2.26. The normalized spacial score (nSPS) is 21.6. The molecule has 72 valence electrons. The third kappa shape index (κ3) is 2.06. The summed E-state index contributed by atoms with van der Waals surface area (Å²) in [4.78, 5) is 0. The van der Waals surface area contributed by atoms with E-state index in [4.69, 9.17) is 5.73 Å². The van der Waals surface area contributed by atoms with Crippen LogP contribution in [-0.4, -0.2) is 20.5 Å². The number of hydrogen-bond donors (Lipinski definition) is 1. The van der Waals surface area contributed by atoms with Crippen LogP contribution in [0.15, 0.2) is 12.4 Å². The molecule has 4 nitrogen and oxygen atoms in total. The lowest BCUT2D eigenvalue weighted by Gasteiger charge is -2.32. The van der Waals surface area contributed by atoms with Crippen LogP contribution in [0.1, 0.15) is 32.1 Å². The first-order valence-electron chi connectivity index (χ1n) is 4.92. The monoisotopic (exact) mass is 180 g/mol. The van der Waals surface area contributed by atoms with E-state index in [0.717, 1.165) is 19.4 Å². The molecule has 0 aromatic carbocycles. The van der Waals surface area contributed by atoms with Gasteiger partial charge in [-0.05, 0) is 12.8 Å². The highest BCUT2D eigenvalue weighted by Gasteiger charge is 2.27. The fourth-order valence-electron chi connectivity index (χ4n) is 2.05. The molecule has 0 saturated heterocycles. The third-order valence-electron chi connectivity index (χ3n) is 2.80. The predicted molar refractivity (Wildman–Crippen MR) is 50.0 cm³/mol. The second-order valence-electron chi connectivity index (χ2n) is 4.02. The van der Waals surface area contributed by atoms with Crippen LogP contribution in [0, 0.1) is 0 Å². The Balaban J connectivity index is 1.99. The Kier molecular flexibility index (Phi) is 2.31. The van der Waals surface area contributed by atoms with Gasteiger partial charge in [-0.25, -0.2) is 0 Å². The van der Waals surface area contributed by atoms with E-state index in [-0.39, 0.29) is 5.54 Å². The topological polar surface area (TPSA) is 56.7 Å². The van der Waals surface area contributed by atoms with Crippen molar-refractivity contribution in [3.63, 3.8) is 0 Å². The summed E-state index contributed by atoms with van der Waals surface area (Å²) >= 11 is 0. The molecule has 1 heterocycles. The molecule has 0 unspecified atom stereocenters. The van der Waals surface area contributed by atoms with E-state index >= 15 is 0 Å². The van der Waals surface area contributed by atoms with Gasteiger partial charge in [0.15, 0.2) is 0 Å². The molecule has 1 saturated carbocycles. The smallest absolute Gasteiger partial charge is 0.0692 e. The zero-order valence-corrected chi connectivity index (χ0v) is 7.82. The molecule has 2 rings (SSSR count). The van der Waals surface area contributed by atoms with Gasteiger partial charge in [0.2, 0.25) is 0 Å². The van der Waals surface area contributed by atoms with E-state index in [9.17, 15) is 0 Å². The maximum absolute atomic E-state index is 6.26. The fraction of sp³-hybridized carbons (Fsp3) is 0.778. The van der Waals surface area contributed by atoms with E-state index < -0.39 is 0 Å². The summed E-state index contributed by atoms with van der Waals surface area (Å²) in [6, 6.07) is 0. The summed E-state index contributed by atoms with van der Waals surface area (Å²) in [6.45, 7) is 0.812. The van der Waals surface area contributed by atoms with Gasteiger partial charge in [-0.1, -0.05) is 24.5 Å². The Hall–Kier alpha value is -0.900. The molecule has 1 aliphatic rings. The van der Waals surface area contributed by atoms with Crippen LogP contribution in [-0.2, 0) is 6.54 Å². The lowest BCUT2D eigenvalue weighted by molar-refractivity contribution is 0.250. The van der Waals surface area contributed by atoms with Gasteiger partial charge in [0.05, 0.1) is 12.7 Å². The molecular weight excluding hydrogens is 164 g/mol. The molecule has 0 atom stereocenters. The first-order valence-corrected chi connectivity index (χ1v) is 4.92. The zero-order chi connectivity index (χ0) is 9.15. The maximum atomic E-state index is 6.26. The minimum absolute atomic E-state index is 0.0358. The van der Waals surface area contributed by atoms with Crippen molar-refractivity contribution in [3.8, 4) is 0 Å². The van der Waals surface area contributed by atoms with E-state index in [0.29, 0.717) is 0 Å². The van der Waals surface area contributed by atoms with Gasteiger partial charge in [0.1, 0.15) is 0 Å². The molecule has 0 aliphatic heterocycles. The maximum Gasteiger partial charge on any atom is 0.0692 e. The Labute approximate surface area is 78.1 Å². The zero-order valence-electron chi connectivity index (χ0n) is 7.82. The van der Waals surface area contributed by atoms with Crippen LogP contribution in [0.4, 0.5) is 0 Å². The highest BCUT2D eigenvalue weighted by atomic mass is 15.4. The van der Waals surface area contributed by atoms with Crippen molar-refractivity contribution in [2.45, 2.75) is 44.2 Å². The van der Waals surface area contributed by atoms with Crippen LogP contribution in [0.2, 0.25) is 0 Å². The number of aromatic nitrogens is 3. The van der Waals surface area contributed by atoms with Crippen LogP contribution in [0.3, 0.4) is 0 Å². The van der Waals surface area contributed by atoms with Gasteiger partial charge in [-0.2, -0.15) is 0 Å². The van der Waals surface area contributed by atoms with E-state index in [1.54, 1.807) is 6.20 Å². The molecule has 1 fully saturated rings. The van der Waals surface area contributed by atoms with Gasteiger partial charge >= 0.3 is 0 Å². The molecule has 4 heteroatoms.